The highest BCUT2D eigenvalue weighted by Crippen LogP contribution is 2.39. The van der Waals surface area contributed by atoms with Crippen LogP contribution in [0.15, 0.2) is 24.3 Å². The first-order chi connectivity index (χ1) is 10.3. The first-order valence-electron chi connectivity index (χ1n) is 8.23. The average molecular weight is 308 g/mol. The first kappa shape index (κ1) is 19.0. The molecule has 1 rings (SSSR count). The number of aliphatic hydroxyl groups is 1. The van der Waals surface area contributed by atoms with Gasteiger partial charge in [0.15, 0.2) is 0 Å². The maximum absolute atomic E-state index is 8.63. The van der Waals surface area contributed by atoms with E-state index in [2.05, 4.69) is 46.8 Å². The molecule has 126 valence electrons. The van der Waals surface area contributed by atoms with E-state index in [-0.39, 0.29) is 12.0 Å². The van der Waals surface area contributed by atoms with Crippen molar-refractivity contribution in [1.29, 1.82) is 0 Å². The summed E-state index contributed by atoms with van der Waals surface area (Å²) in [7, 11) is 0. The Morgan fingerprint density at radius 2 is 1.59 bits per heavy atom. The van der Waals surface area contributed by atoms with Crippen LogP contribution in [-0.2, 0) is 10.2 Å². The number of hydrogen-bond donors (Lipinski definition) is 1. The largest absolute Gasteiger partial charge is 0.491 e. The fraction of sp³-hybridized carbons (Fsp3) is 0.684. The molecule has 3 heteroatoms. The van der Waals surface area contributed by atoms with Crippen molar-refractivity contribution in [3.8, 4) is 5.75 Å². The van der Waals surface area contributed by atoms with E-state index in [1.807, 2.05) is 12.1 Å². The fourth-order valence-corrected chi connectivity index (χ4v) is 2.94. The van der Waals surface area contributed by atoms with Crippen molar-refractivity contribution in [2.75, 3.05) is 26.4 Å². The Labute approximate surface area is 135 Å². The standard InChI is InChI=1S/C19H32O3/c1-6-19(5,15-18(2,3)4)16-7-9-17(10-8-16)22-14-13-21-12-11-20/h7-10,20H,6,11-15H2,1-5H3. The summed E-state index contributed by atoms with van der Waals surface area (Å²) < 4.78 is 10.8. The molecule has 0 saturated heterocycles. The number of ether oxygens (including phenoxy) is 2. The van der Waals surface area contributed by atoms with Crippen molar-refractivity contribution in [2.24, 2.45) is 5.41 Å². The van der Waals surface area contributed by atoms with E-state index in [1.54, 1.807) is 0 Å². The molecule has 0 heterocycles. The third-order valence-corrected chi connectivity index (χ3v) is 3.98. The molecular formula is C19H32O3. The molecule has 0 aromatic heterocycles. The van der Waals surface area contributed by atoms with Crippen LogP contribution in [-0.4, -0.2) is 31.5 Å². The van der Waals surface area contributed by atoms with Crippen LogP contribution in [0, 0.1) is 5.41 Å². The Bertz CT molecular complexity index is 419. The van der Waals surface area contributed by atoms with Crippen molar-refractivity contribution >= 4 is 0 Å². The van der Waals surface area contributed by atoms with Gasteiger partial charge in [0, 0.05) is 0 Å². The summed E-state index contributed by atoms with van der Waals surface area (Å²) in [4.78, 5) is 0. The summed E-state index contributed by atoms with van der Waals surface area (Å²) in [5, 5.41) is 8.63. The van der Waals surface area contributed by atoms with Gasteiger partial charge in [0.05, 0.1) is 19.8 Å². The average Bonchev–Trinajstić information content (AvgIpc) is 2.46. The second-order valence-electron chi connectivity index (χ2n) is 7.36. The van der Waals surface area contributed by atoms with E-state index in [0.29, 0.717) is 25.2 Å². The van der Waals surface area contributed by atoms with Gasteiger partial charge in [0.1, 0.15) is 12.4 Å². The minimum atomic E-state index is 0.0536. The Morgan fingerprint density at radius 1 is 0.955 bits per heavy atom. The molecule has 3 nitrogen and oxygen atoms in total. The van der Waals surface area contributed by atoms with E-state index >= 15 is 0 Å². The maximum Gasteiger partial charge on any atom is 0.119 e. The molecular weight excluding hydrogens is 276 g/mol. The van der Waals surface area contributed by atoms with Gasteiger partial charge in [-0.2, -0.15) is 0 Å². The Hall–Kier alpha value is -1.06. The van der Waals surface area contributed by atoms with Crippen molar-refractivity contribution in [2.45, 2.75) is 52.9 Å². The second kappa shape index (κ2) is 8.54. The van der Waals surface area contributed by atoms with Gasteiger partial charge in [-0.05, 0) is 41.4 Å². The maximum atomic E-state index is 8.63. The van der Waals surface area contributed by atoms with Crippen LogP contribution >= 0.6 is 0 Å². The molecule has 0 aliphatic carbocycles. The lowest BCUT2D eigenvalue weighted by molar-refractivity contribution is 0.0705. The lowest BCUT2D eigenvalue weighted by Crippen LogP contribution is -2.27. The van der Waals surface area contributed by atoms with Crippen LogP contribution in [0.4, 0.5) is 0 Å². The van der Waals surface area contributed by atoms with Gasteiger partial charge in [0.25, 0.3) is 0 Å². The summed E-state index contributed by atoms with van der Waals surface area (Å²) in [6.45, 7) is 12.9. The van der Waals surface area contributed by atoms with Crippen LogP contribution in [0.2, 0.25) is 0 Å². The lowest BCUT2D eigenvalue weighted by atomic mass is 9.69. The van der Waals surface area contributed by atoms with Crippen molar-refractivity contribution in [1.82, 2.24) is 0 Å². The third-order valence-electron chi connectivity index (χ3n) is 3.98. The molecule has 1 N–H and O–H groups in total. The first-order valence-corrected chi connectivity index (χ1v) is 8.23. The minimum absolute atomic E-state index is 0.0536. The highest BCUT2D eigenvalue weighted by Gasteiger charge is 2.30. The van der Waals surface area contributed by atoms with Crippen LogP contribution < -0.4 is 4.74 Å². The number of hydrogen-bond acceptors (Lipinski definition) is 3. The lowest BCUT2D eigenvalue weighted by Gasteiger charge is -2.35. The Kier molecular flexibility index (Phi) is 7.37. The zero-order valence-electron chi connectivity index (χ0n) is 14.8. The second-order valence-corrected chi connectivity index (χ2v) is 7.36. The SMILES string of the molecule is CCC(C)(CC(C)(C)C)c1ccc(OCCOCCO)cc1. The van der Waals surface area contributed by atoms with E-state index < -0.39 is 0 Å². The zero-order chi connectivity index (χ0) is 16.6. The van der Waals surface area contributed by atoms with Gasteiger partial charge < -0.3 is 14.6 Å². The van der Waals surface area contributed by atoms with Crippen molar-refractivity contribution in [3.63, 3.8) is 0 Å². The van der Waals surface area contributed by atoms with Gasteiger partial charge in [0.2, 0.25) is 0 Å². The summed E-state index contributed by atoms with van der Waals surface area (Å²) >= 11 is 0. The van der Waals surface area contributed by atoms with Crippen LogP contribution in [0.25, 0.3) is 0 Å². The summed E-state index contributed by atoms with van der Waals surface area (Å²) in [5.41, 5.74) is 1.87. The van der Waals surface area contributed by atoms with E-state index in [0.717, 1.165) is 18.6 Å². The predicted octanol–water partition coefficient (Wildman–Crippen LogP) is 4.18. The molecule has 0 aliphatic rings. The molecule has 0 radical (unpaired) electrons. The van der Waals surface area contributed by atoms with Crippen LogP contribution in [0.3, 0.4) is 0 Å². The molecule has 1 unspecified atom stereocenters. The van der Waals surface area contributed by atoms with E-state index in [1.165, 1.54) is 5.56 Å². The van der Waals surface area contributed by atoms with E-state index in [9.17, 15) is 0 Å². The monoisotopic (exact) mass is 308 g/mol. The Balaban J connectivity index is 2.62. The molecule has 22 heavy (non-hydrogen) atoms. The number of rotatable bonds is 9. The third kappa shape index (κ3) is 6.37. The van der Waals surface area contributed by atoms with Gasteiger partial charge >= 0.3 is 0 Å². The van der Waals surface area contributed by atoms with E-state index in [4.69, 9.17) is 14.6 Å². The number of benzene rings is 1. The van der Waals surface area contributed by atoms with Gasteiger partial charge in [-0.15, -0.1) is 0 Å². The smallest absolute Gasteiger partial charge is 0.119 e. The summed E-state index contributed by atoms with van der Waals surface area (Å²) in [6.07, 6.45) is 2.28. The fourth-order valence-electron chi connectivity index (χ4n) is 2.94. The molecule has 1 aromatic carbocycles. The normalized spacial score (nSPS) is 14.6. The summed E-state index contributed by atoms with van der Waals surface area (Å²) in [6, 6.07) is 8.44. The highest BCUT2D eigenvalue weighted by atomic mass is 16.5. The zero-order valence-corrected chi connectivity index (χ0v) is 14.8. The molecule has 0 bridgehead atoms. The quantitative estimate of drug-likeness (QED) is 0.696. The highest BCUT2D eigenvalue weighted by molar-refractivity contribution is 5.32. The van der Waals surface area contributed by atoms with Gasteiger partial charge in [-0.3, -0.25) is 0 Å². The molecule has 0 saturated carbocycles. The molecule has 1 atom stereocenters. The van der Waals surface area contributed by atoms with Crippen molar-refractivity contribution in [3.05, 3.63) is 29.8 Å². The molecule has 0 fully saturated rings. The van der Waals surface area contributed by atoms with Gasteiger partial charge in [-0.1, -0.05) is 46.8 Å². The van der Waals surface area contributed by atoms with Crippen LogP contribution in [0.1, 0.15) is 53.0 Å². The predicted molar refractivity (Wildman–Crippen MR) is 91.6 cm³/mol. The topological polar surface area (TPSA) is 38.7 Å². The van der Waals surface area contributed by atoms with Crippen molar-refractivity contribution < 1.29 is 14.6 Å². The number of aliphatic hydroxyl groups excluding tert-OH is 1. The Morgan fingerprint density at radius 3 is 2.09 bits per heavy atom. The molecule has 0 amide bonds. The molecule has 1 aromatic rings. The molecule has 0 aliphatic heterocycles. The van der Waals surface area contributed by atoms with Crippen LogP contribution in [0.5, 0.6) is 5.75 Å². The molecule has 0 spiro atoms. The minimum Gasteiger partial charge on any atom is -0.491 e. The van der Waals surface area contributed by atoms with Gasteiger partial charge in [-0.25, -0.2) is 0 Å². The summed E-state index contributed by atoms with van der Waals surface area (Å²) in [5.74, 6) is 0.866.